The molecule has 2 unspecified atom stereocenters. The lowest BCUT2D eigenvalue weighted by atomic mass is 10.1. The molecule has 32 heavy (non-hydrogen) atoms. The molecule has 17 nitrogen and oxygen atoms in total. The van der Waals surface area contributed by atoms with Gasteiger partial charge in [0.15, 0.2) is 24.4 Å². The van der Waals surface area contributed by atoms with Gasteiger partial charge in [0.05, 0.1) is 6.61 Å². The quantitative estimate of drug-likeness (QED) is 0.156. The highest BCUT2D eigenvalue weighted by Crippen LogP contribution is 2.51. The first-order chi connectivity index (χ1) is 15.0. The smallest absolute Gasteiger partial charge is 0.387 e. The standard InChI is InChI=1S/C12H14N5O12P3/c18-8-6(3-26-32(24,25)29-30(19)20)27-12(9(8)28-31(21,22)23)17-5-14-7-10-13-1-2-16(10)4-15-11(7)17/h1-2,4-6,8-9,12,18H,3H2,(H3-,19,20,21,22,23,24,25)/p+2/t6-,8-,9-,12-/m1/s1. The van der Waals surface area contributed by atoms with E-state index in [1.807, 2.05) is 0 Å². The molecule has 0 spiro atoms. The minimum atomic E-state index is -5.12. The summed E-state index contributed by atoms with van der Waals surface area (Å²) >= 11 is 0. The number of aromatic nitrogens is 5. The van der Waals surface area contributed by atoms with E-state index in [0.29, 0.717) is 11.2 Å². The lowest BCUT2D eigenvalue weighted by Gasteiger charge is -2.19. The van der Waals surface area contributed by atoms with Crippen LogP contribution in [0, 0.1) is 0 Å². The Morgan fingerprint density at radius 2 is 2.06 bits per heavy atom. The molecule has 1 saturated heterocycles. The molecule has 0 aliphatic carbocycles. The number of aliphatic hydroxyl groups excluding tert-OH is 1. The Hall–Kier alpha value is -1.71. The van der Waals surface area contributed by atoms with Crippen molar-refractivity contribution in [1.82, 2.24) is 19.4 Å². The van der Waals surface area contributed by atoms with Gasteiger partial charge >= 0.3 is 29.5 Å². The highest BCUT2D eigenvalue weighted by atomic mass is 31.2. The number of aliphatic hydroxyl groups is 1. The van der Waals surface area contributed by atoms with Crippen LogP contribution in [0.5, 0.6) is 0 Å². The largest absolute Gasteiger partial charge is 0.705 e. The Balaban J connectivity index is 1.65. The second kappa shape index (κ2) is 8.57. The molecule has 0 bridgehead atoms. The van der Waals surface area contributed by atoms with Gasteiger partial charge in [0.1, 0.15) is 12.2 Å². The third-order valence-corrected chi connectivity index (χ3v) is 6.81. The summed E-state index contributed by atoms with van der Waals surface area (Å²) < 4.78 is 55.3. The van der Waals surface area contributed by atoms with Crippen LogP contribution >= 0.6 is 23.9 Å². The second-order valence-electron chi connectivity index (χ2n) is 6.48. The van der Waals surface area contributed by atoms with Crippen LogP contribution in [0.25, 0.3) is 16.8 Å². The van der Waals surface area contributed by atoms with Crippen LogP contribution in [0.4, 0.5) is 0 Å². The van der Waals surface area contributed by atoms with E-state index in [-0.39, 0.29) is 5.65 Å². The zero-order chi connectivity index (χ0) is 23.3. The van der Waals surface area contributed by atoms with Crippen molar-refractivity contribution >= 4 is 40.7 Å². The number of phosphoric acid groups is 2. The number of fused-ring (bicyclic) bond motifs is 3. The van der Waals surface area contributed by atoms with Gasteiger partial charge < -0.3 is 19.6 Å². The van der Waals surface area contributed by atoms with Crippen molar-refractivity contribution in [3.63, 3.8) is 0 Å². The number of aromatic amines is 1. The SMILES string of the molecule is O=[P+](O)OP(=O)(O)OC[C@H]1O[C@@H]([n+]2c[nH]c3c4nccn4cnc32)[C@H](OP(=O)(O)O)[C@@H]1O. The summed E-state index contributed by atoms with van der Waals surface area (Å²) in [6.45, 7) is -0.851. The van der Waals surface area contributed by atoms with E-state index in [4.69, 9.17) is 14.2 Å². The van der Waals surface area contributed by atoms with Crippen molar-refractivity contribution in [3.05, 3.63) is 25.0 Å². The zero-order valence-corrected chi connectivity index (χ0v) is 18.2. The lowest BCUT2D eigenvalue weighted by Crippen LogP contribution is -2.46. The van der Waals surface area contributed by atoms with Gasteiger partial charge in [-0.25, -0.2) is 18.7 Å². The Bertz CT molecular complexity index is 1260. The van der Waals surface area contributed by atoms with Crippen molar-refractivity contribution in [3.8, 4) is 0 Å². The fourth-order valence-corrected chi connectivity index (χ4v) is 5.00. The number of nitrogens with zero attached hydrogens (tertiary/aromatic N) is 4. The average molecular weight is 515 g/mol. The molecule has 0 saturated carbocycles. The van der Waals surface area contributed by atoms with Gasteiger partial charge in [-0.15, -0.1) is 4.89 Å². The molecular formula is C12H16N5O12P3+2. The molecule has 3 aromatic heterocycles. The summed E-state index contributed by atoms with van der Waals surface area (Å²) in [5.74, 6) is 0. The third-order valence-electron chi connectivity index (χ3n) is 4.43. The first-order valence-electron chi connectivity index (χ1n) is 8.56. The van der Waals surface area contributed by atoms with Crippen molar-refractivity contribution in [2.75, 3.05) is 6.61 Å². The molecule has 1 aliphatic rings. The van der Waals surface area contributed by atoms with E-state index in [9.17, 15) is 33.5 Å². The Morgan fingerprint density at radius 3 is 2.75 bits per heavy atom. The minimum absolute atomic E-state index is 0.232. The van der Waals surface area contributed by atoms with Gasteiger partial charge in [0.25, 0.3) is 0 Å². The van der Waals surface area contributed by atoms with E-state index in [2.05, 4.69) is 23.8 Å². The lowest BCUT2D eigenvalue weighted by molar-refractivity contribution is -0.744. The molecule has 4 heterocycles. The van der Waals surface area contributed by atoms with Crippen LogP contribution in [0.3, 0.4) is 0 Å². The summed E-state index contributed by atoms with van der Waals surface area (Å²) in [5.41, 5.74) is 1.15. The maximum Gasteiger partial charge on any atom is 0.705 e. The number of nitrogens with one attached hydrogen (secondary N) is 1. The first kappa shape index (κ1) is 23.4. The molecule has 1 fully saturated rings. The van der Waals surface area contributed by atoms with Gasteiger partial charge in [-0.05, 0) is 4.31 Å². The molecule has 0 amide bonds. The second-order valence-corrected chi connectivity index (χ2v) is 10.00. The summed E-state index contributed by atoms with van der Waals surface area (Å²) in [5, 5.41) is 10.5. The average Bonchev–Trinajstić information content (AvgIpc) is 3.36. The van der Waals surface area contributed by atoms with Gasteiger partial charge in [0, 0.05) is 17.0 Å². The maximum absolute atomic E-state index is 11.6. The number of hydrogen-bond acceptors (Lipinski definition) is 10. The Morgan fingerprint density at radius 1 is 1.31 bits per heavy atom. The van der Waals surface area contributed by atoms with Gasteiger partial charge in [-0.1, -0.05) is 4.98 Å². The number of ether oxygens (including phenoxy) is 1. The molecule has 4 rings (SSSR count). The summed E-state index contributed by atoms with van der Waals surface area (Å²) in [4.78, 5) is 47.8. The molecule has 174 valence electrons. The van der Waals surface area contributed by atoms with E-state index >= 15 is 0 Å². The summed E-state index contributed by atoms with van der Waals surface area (Å²) in [6.07, 6.45) is -0.314. The van der Waals surface area contributed by atoms with E-state index in [0.717, 1.165) is 0 Å². The molecule has 20 heteroatoms. The predicted octanol–water partition coefficient (Wildman–Crippen LogP) is -0.982. The maximum atomic E-state index is 11.6. The highest BCUT2D eigenvalue weighted by molar-refractivity contribution is 7.55. The fraction of sp³-hybridized carbons (Fsp3) is 0.417. The van der Waals surface area contributed by atoms with Crippen LogP contribution in [0.15, 0.2) is 25.0 Å². The molecule has 3 aromatic rings. The Labute approximate surface area is 178 Å². The fourth-order valence-electron chi connectivity index (χ4n) is 3.23. The zero-order valence-electron chi connectivity index (χ0n) is 15.6. The summed E-state index contributed by atoms with van der Waals surface area (Å²) in [6, 6.07) is 0. The number of H-pyrrole nitrogens is 1. The monoisotopic (exact) mass is 515 g/mol. The number of rotatable bonds is 8. The van der Waals surface area contributed by atoms with Gasteiger partial charge in [0.2, 0.25) is 11.7 Å². The van der Waals surface area contributed by atoms with Gasteiger partial charge in [-0.3, -0.25) is 23.3 Å². The van der Waals surface area contributed by atoms with Crippen molar-refractivity contribution in [1.29, 1.82) is 0 Å². The van der Waals surface area contributed by atoms with Crippen molar-refractivity contribution in [2.45, 2.75) is 24.5 Å². The van der Waals surface area contributed by atoms with Crippen molar-refractivity contribution < 1.29 is 61.0 Å². The van der Waals surface area contributed by atoms with Crippen LogP contribution < -0.4 is 4.57 Å². The number of hydrogen-bond donors (Lipinski definition) is 6. The normalized spacial score (nSPS) is 26.6. The molecule has 6 N–H and O–H groups in total. The highest BCUT2D eigenvalue weighted by Gasteiger charge is 2.52. The summed E-state index contributed by atoms with van der Waals surface area (Å²) in [7, 11) is -13.6. The van der Waals surface area contributed by atoms with E-state index < -0.39 is 55.0 Å². The van der Waals surface area contributed by atoms with E-state index in [1.165, 1.54) is 23.4 Å². The minimum Gasteiger partial charge on any atom is -0.387 e. The molecule has 0 radical (unpaired) electrons. The third kappa shape index (κ3) is 4.79. The molecule has 1 aliphatic heterocycles. The van der Waals surface area contributed by atoms with Gasteiger partial charge in [-0.2, -0.15) is 0 Å². The van der Waals surface area contributed by atoms with Crippen LogP contribution in [-0.4, -0.2) is 69.0 Å². The molecule has 6 atom stereocenters. The topological polar surface area (TPSA) is 239 Å². The van der Waals surface area contributed by atoms with Crippen LogP contribution in [0.1, 0.15) is 6.23 Å². The van der Waals surface area contributed by atoms with E-state index in [1.54, 1.807) is 10.6 Å². The van der Waals surface area contributed by atoms with Crippen LogP contribution in [-0.2, 0) is 31.8 Å². The van der Waals surface area contributed by atoms with Crippen LogP contribution in [0.2, 0.25) is 0 Å². The van der Waals surface area contributed by atoms with Crippen molar-refractivity contribution in [2.24, 2.45) is 0 Å². The first-order valence-corrected chi connectivity index (χ1v) is 12.7. The number of imidazole rings is 2. The predicted molar refractivity (Wildman–Crippen MR) is 98.6 cm³/mol. The Kier molecular flexibility index (Phi) is 6.28. The molecule has 0 aromatic carbocycles. The number of phosphoric ester groups is 2. The molecular weight excluding hydrogens is 499 g/mol.